The Bertz CT molecular complexity index is 720. The molecule has 0 unspecified atom stereocenters. The van der Waals surface area contributed by atoms with Crippen LogP contribution in [0.15, 0.2) is 36.5 Å². The Morgan fingerprint density at radius 3 is 2.22 bits per heavy atom. The average molecular weight is 340 g/mol. The van der Waals surface area contributed by atoms with Crippen LogP contribution in [0.5, 0.6) is 0 Å². The molecule has 0 bridgehead atoms. The van der Waals surface area contributed by atoms with Gasteiger partial charge in [-0.1, -0.05) is 17.7 Å². The SMILES string of the molecule is O=C(NCCNC(=O)c1c(F)cccc1F)c1cccnc1Cl. The summed E-state index contributed by atoms with van der Waals surface area (Å²) in [6, 6.07) is 6.20. The number of hydrogen-bond acceptors (Lipinski definition) is 3. The van der Waals surface area contributed by atoms with Crippen molar-refractivity contribution >= 4 is 23.4 Å². The molecule has 0 aliphatic rings. The first kappa shape index (κ1) is 16.8. The monoisotopic (exact) mass is 339 g/mol. The van der Waals surface area contributed by atoms with E-state index in [4.69, 9.17) is 11.6 Å². The van der Waals surface area contributed by atoms with Gasteiger partial charge in [0.05, 0.1) is 5.56 Å². The van der Waals surface area contributed by atoms with E-state index >= 15 is 0 Å². The maximum Gasteiger partial charge on any atom is 0.257 e. The van der Waals surface area contributed by atoms with Gasteiger partial charge in [0, 0.05) is 19.3 Å². The van der Waals surface area contributed by atoms with Crippen LogP contribution in [0.1, 0.15) is 20.7 Å². The molecule has 2 amide bonds. The van der Waals surface area contributed by atoms with Gasteiger partial charge in [-0.05, 0) is 24.3 Å². The van der Waals surface area contributed by atoms with E-state index in [2.05, 4.69) is 15.6 Å². The minimum absolute atomic E-state index is 0.00374. The van der Waals surface area contributed by atoms with Gasteiger partial charge >= 0.3 is 0 Å². The van der Waals surface area contributed by atoms with Gasteiger partial charge in [-0.2, -0.15) is 0 Å². The lowest BCUT2D eigenvalue weighted by Crippen LogP contribution is -2.35. The molecule has 0 radical (unpaired) electrons. The van der Waals surface area contributed by atoms with Crippen LogP contribution in [0, 0.1) is 11.6 Å². The zero-order valence-electron chi connectivity index (χ0n) is 11.8. The highest BCUT2D eigenvalue weighted by atomic mass is 35.5. The third-order valence-electron chi connectivity index (χ3n) is 2.89. The second kappa shape index (κ2) is 7.64. The van der Waals surface area contributed by atoms with Gasteiger partial charge in [0.1, 0.15) is 22.4 Å². The second-order valence-corrected chi connectivity index (χ2v) is 4.81. The molecule has 1 aromatic carbocycles. The van der Waals surface area contributed by atoms with Crippen LogP contribution in [0.4, 0.5) is 8.78 Å². The molecule has 0 aliphatic heterocycles. The summed E-state index contributed by atoms with van der Waals surface area (Å²) in [6.45, 7) is 0.0576. The zero-order chi connectivity index (χ0) is 16.8. The lowest BCUT2D eigenvalue weighted by atomic mass is 10.2. The lowest BCUT2D eigenvalue weighted by molar-refractivity contribution is 0.0922. The van der Waals surface area contributed by atoms with Gasteiger partial charge in [0.2, 0.25) is 0 Å². The summed E-state index contributed by atoms with van der Waals surface area (Å²) < 4.78 is 26.8. The molecule has 120 valence electrons. The number of aromatic nitrogens is 1. The molecule has 5 nitrogen and oxygen atoms in total. The van der Waals surface area contributed by atoms with E-state index in [1.54, 1.807) is 6.07 Å². The Labute approximate surface area is 135 Å². The quantitative estimate of drug-likeness (QED) is 0.648. The van der Waals surface area contributed by atoms with Crippen molar-refractivity contribution in [3.63, 3.8) is 0 Å². The number of nitrogens with zero attached hydrogens (tertiary/aromatic N) is 1. The van der Waals surface area contributed by atoms with Crippen molar-refractivity contribution in [1.82, 2.24) is 15.6 Å². The molecular weight excluding hydrogens is 328 g/mol. The van der Waals surface area contributed by atoms with Crippen LogP contribution < -0.4 is 10.6 Å². The smallest absolute Gasteiger partial charge is 0.257 e. The number of amides is 2. The molecule has 0 fully saturated rings. The predicted octanol–water partition coefficient (Wildman–Crippen LogP) is 2.17. The van der Waals surface area contributed by atoms with E-state index in [0.29, 0.717) is 0 Å². The summed E-state index contributed by atoms with van der Waals surface area (Å²) >= 11 is 5.77. The number of hydrogen-bond donors (Lipinski definition) is 2. The molecule has 0 atom stereocenters. The van der Waals surface area contributed by atoms with E-state index in [1.165, 1.54) is 18.3 Å². The maximum atomic E-state index is 13.4. The topological polar surface area (TPSA) is 71.1 Å². The molecular formula is C15H12ClF2N3O2. The van der Waals surface area contributed by atoms with Crippen molar-refractivity contribution in [2.75, 3.05) is 13.1 Å². The predicted molar refractivity (Wildman–Crippen MR) is 80.3 cm³/mol. The maximum absolute atomic E-state index is 13.4. The van der Waals surface area contributed by atoms with Gasteiger partial charge in [-0.15, -0.1) is 0 Å². The molecule has 0 saturated heterocycles. The van der Waals surface area contributed by atoms with Crippen LogP contribution in [0.2, 0.25) is 5.15 Å². The first-order valence-corrected chi connectivity index (χ1v) is 6.99. The molecule has 0 aliphatic carbocycles. The highest BCUT2D eigenvalue weighted by Crippen LogP contribution is 2.12. The summed E-state index contributed by atoms with van der Waals surface area (Å²) in [6.07, 6.45) is 1.45. The summed E-state index contributed by atoms with van der Waals surface area (Å²) in [7, 11) is 0. The fraction of sp³-hybridized carbons (Fsp3) is 0.133. The zero-order valence-corrected chi connectivity index (χ0v) is 12.5. The van der Waals surface area contributed by atoms with E-state index in [9.17, 15) is 18.4 Å². The summed E-state index contributed by atoms with van der Waals surface area (Å²) in [4.78, 5) is 27.3. The number of carbonyl (C=O) groups is 2. The standard InChI is InChI=1S/C15H12ClF2N3O2/c16-13-9(3-2-6-19-13)14(22)20-7-8-21-15(23)12-10(17)4-1-5-11(12)18/h1-6H,7-8H2,(H,20,22)(H,21,23). The van der Waals surface area contributed by atoms with Crippen molar-refractivity contribution in [2.45, 2.75) is 0 Å². The van der Waals surface area contributed by atoms with Gasteiger partial charge in [0.15, 0.2) is 0 Å². The van der Waals surface area contributed by atoms with Crippen LogP contribution >= 0.6 is 11.6 Å². The van der Waals surface area contributed by atoms with E-state index < -0.39 is 29.0 Å². The third-order valence-corrected chi connectivity index (χ3v) is 3.19. The largest absolute Gasteiger partial charge is 0.350 e. The molecule has 2 rings (SSSR count). The van der Waals surface area contributed by atoms with Crippen molar-refractivity contribution in [2.24, 2.45) is 0 Å². The van der Waals surface area contributed by atoms with Crippen molar-refractivity contribution in [3.8, 4) is 0 Å². The van der Waals surface area contributed by atoms with Gasteiger partial charge in [-0.25, -0.2) is 13.8 Å². The molecule has 1 heterocycles. The van der Waals surface area contributed by atoms with Gasteiger partial charge < -0.3 is 10.6 Å². The normalized spacial score (nSPS) is 10.2. The molecule has 1 aromatic heterocycles. The number of pyridine rings is 1. The van der Waals surface area contributed by atoms with Crippen molar-refractivity contribution in [1.29, 1.82) is 0 Å². The van der Waals surface area contributed by atoms with Crippen LogP contribution in [-0.4, -0.2) is 29.9 Å². The van der Waals surface area contributed by atoms with E-state index in [0.717, 1.165) is 12.1 Å². The molecule has 0 saturated carbocycles. The fourth-order valence-electron chi connectivity index (χ4n) is 1.81. The van der Waals surface area contributed by atoms with Crippen molar-refractivity contribution < 1.29 is 18.4 Å². The minimum Gasteiger partial charge on any atom is -0.350 e. The number of nitrogens with one attached hydrogen (secondary N) is 2. The third kappa shape index (κ3) is 4.23. The molecule has 0 spiro atoms. The Kier molecular flexibility index (Phi) is 5.59. The molecule has 23 heavy (non-hydrogen) atoms. The lowest BCUT2D eigenvalue weighted by Gasteiger charge is -2.08. The van der Waals surface area contributed by atoms with Gasteiger partial charge in [-0.3, -0.25) is 9.59 Å². The molecule has 8 heteroatoms. The first-order valence-electron chi connectivity index (χ1n) is 6.61. The Balaban J connectivity index is 1.85. The summed E-state index contributed by atoms with van der Waals surface area (Å²) in [5.74, 6) is -3.26. The number of halogens is 3. The number of benzene rings is 1. The van der Waals surface area contributed by atoms with Crippen LogP contribution in [-0.2, 0) is 0 Å². The summed E-state index contributed by atoms with van der Waals surface area (Å²) in [5.41, 5.74) is -0.463. The second-order valence-electron chi connectivity index (χ2n) is 4.45. The molecule has 2 N–H and O–H groups in total. The first-order chi connectivity index (χ1) is 11.0. The number of carbonyl (C=O) groups excluding carboxylic acids is 2. The highest BCUT2D eigenvalue weighted by molar-refractivity contribution is 6.32. The minimum atomic E-state index is -0.950. The van der Waals surface area contributed by atoms with Crippen LogP contribution in [0.3, 0.4) is 0 Å². The summed E-state index contributed by atoms with van der Waals surface area (Å²) in [5, 5.41) is 4.89. The number of rotatable bonds is 5. The van der Waals surface area contributed by atoms with Gasteiger partial charge in [0.25, 0.3) is 11.8 Å². The molecule has 2 aromatic rings. The van der Waals surface area contributed by atoms with E-state index in [-0.39, 0.29) is 23.8 Å². The fourth-order valence-corrected chi connectivity index (χ4v) is 2.01. The highest BCUT2D eigenvalue weighted by Gasteiger charge is 2.16. The average Bonchev–Trinajstić information content (AvgIpc) is 2.51. The van der Waals surface area contributed by atoms with Crippen LogP contribution in [0.25, 0.3) is 0 Å². The van der Waals surface area contributed by atoms with E-state index in [1.807, 2.05) is 0 Å². The Hall–Kier alpha value is -2.54. The Morgan fingerprint density at radius 1 is 1.00 bits per heavy atom. The van der Waals surface area contributed by atoms with Crippen molar-refractivity contribution in [3.05, 3.63) is 64.4 Å². The Morgan fingerprint density at radius 2 is 1.61 bits per heavy atom.